The summed E-state index contributed by atoms with van der Waals surface area (Å²) in [5.41, 5.74) is 2.30. The lowest BCUT2D eigenvalue weighted by molar-refractivity contribution is -0.142. The average Bonchev–Trinajstić information content (AvgIpc) is 3.45. The van der Waals surface area contributed by atoms with E-state index in [1.165, 1.54) is 18.4 Å². The van der Waals surface area contributed by atoms with Crippen LogP contribution in [0.4, 0.5) is 0 Å². The molecule has 1 unspecified atom stereocenters. The van der Waals surface area contributed by atoms with Crippen molar-refractivity contribution in [1.82, 2.24) is 15.1 Å². The van der Waals surface area contributed by atoms with Crippen LogP contribution in [0.2, 0.25) is 0 Å². The third kappa shape index (κ3) is 4.52. The molecule has 3 aliphatic rings. The number of amides is 2. The van der Waals surface area contributed by atoms with E-state index in [1.54, 1.807) is 4.90 Å². The van der Waals surface area contributed by atoms with Gasteiger partial charge in [-0.3, -0.25) is 9.59 Å². The third-order valence-corrected chi connectivity index (χ3v) is 6.29. The minimum absolute atomic E-state index is 0.106. The second kappa shape index (κ2) is 8.01. The van der Waals surface area contributed by atoms with Crippen LogP contribution in [-0.4, -0.2) is 53.3 Å². The van der Waals surface area contributed by atoms with Gasteiger partial charge < -0.3 is 15.1 Å². The molecule has 27 heavy (non-hydrogen) atoms. The number of piperidine rings is 1. The predicted octanol–water partition coefficient (Wildman–Crippen LogP) is 2.48. The van der Waals surface area contributed by atoms with Gasteiger partial charge in [-0.15, -0.1) is 0 Å². The summed E-state index contributed by atoms with van der Waals surface area (Å²) in [5, 5.41) is 3.66. The van der Waals surface area contributed by atoms with Crippen molar-refractivity contribution < 1.29 is 9.59 Å². The number of benzene rings is 1. The van der Waals surface area contributed by atoms with E-state index in [-0.39, 0.29) is 17.9 Å². The molecule has 2 heterocycles. The first kappa shape index (κ1) is 18.5. The molecule has 2 amide bonds. The van der Waals surface area contributed by atoms with Crippen LogP contribution >= 0.6 is 0 Å². The fourth-order valence-electron chi connectivity index (χ4n) is 4.25. The molecule has 146 valence electrons. The van der Waals surface area contributed by atoms with Gasteiger partial charge in [0.2, 0.25) is 11.8 Å². The topological polar surface area (TPSA) is 52.7 Å². The molecule has 1 aliphatic carbocycles. The molecule has 0 spiro atoms. The summed E-state index contributed by atoms with van der Waals surface area (Å²) in [7, 11) is 0. The van der Waals surface area contributed by atoms with Crippen LogP contribution in [0.1, 0.15) is 49.7 Å². The Balaban J connectivity index is 1.32. The molecule has 1 aromatic carbocycles. The third-order valence-electron chi connectivity index (χ3n) is 6.29. The summed E-state index contributed by atoms with van der Waals surface area (Å²) in [6.07, 6.45) is 5.94. The zero-order valence-electron chi connectivity index (χ0n) is 16.3. The van der Waals surface area contributed by atoms with Gasteiger partial charge >= 0.3 is 0 Å². The lowest BCUT2D eigenvalue weighted by Gasteiger charge is -2.36. The van der Waals surface area contributed by atoms with Gasteiger partial charge in [-0.25, -0.2) is 0 Å². The first-order chi connectivity index (χ1) is 13.1. The van der Waals surface area contributed by atoms with Crippen LogP contribution in [-0.2, 0) is 16.1 Å². The van der Waals surface area contributed by atoms with Crippen LogP contribution in [0.25, 0.3) is 0 Å². The molecule has 0 radical (unpaired) electrons. The summed E-state index contributed by atoms with van der Waals surface area (Å²) in [4.78, 5) is 29.3. The van der Waals surface area contributed by atoms with Crippen molar-refractivity contribution in [2.45, 2.75) is 64.1 Å². The first-order valence-corrected chi connectivity index (χ1v) is 10.5. The maximum Gasteiger partial charge on any atom is 0.245 e. The highest BCUT2D eigenvalue weighted by atomic mass is 16.2. The van der Waals surface area contributed by atoms with Crippen LogP contribution in [0.5, 0.6) is 0 Å². The zero-order valence-corrected chi connectivity index (χ0v) is 16.3. The second-order valence-corrected chi connectivity index (χ2v) is 8.51. The van der Waals surface area contributed by atoms with Crippen molar-refractivity contribution in [3.8, 4) is 0 Å². The minimum atomic E-state index is -0.283. The van der Waals surface area contributed by atoms with Crippen LogP contribution in [0, 0.1) is 12.8 Å². The van der Waals surface area contributed by atoms with Gasteiger partial charge in [-0.1, -0.05) is 29.8 Å². The number of aryl methyl sites for hydroxylation is 1. The Bertz CT molecular complexity index is 675. The number of hydrogen-bond acceptors (Lipinski definition) is 3. The van der Waals surface area contributed by atoms with Gasteiger partial charge in [0.1, 0.15) is 6.04 Å². The molecule has 0 bridgehead atoms. The van der Waals surface area contributed by atoms with Gasteiger partial charge in [0, 0.05) is 32.1 Å². The smallest absolute Gasteiger partial charge is 0.245 e. The fourth-order valence-corrected chi connectivity index (χ4v) is 4.25. The normalized spacial score (nSPS) is 23.9. The molecule has 5 heteroatoms. The monoisotopic (exact) mass is 369 g/mol. The number of nitrogens with zero attached hydrogens (tertiary/aromatic N) is 2. The van der Waals surface area contributed by atoms with Gasteiger partial charge in [0.15, 0.2) is 0 Å². The Labute approximate surface area is 162 Å². The Morgan fingerprint density at radius 1 is 1.07 bits per heavy atom. The quantitative estimate of drug-likeness (QED) is 0.838. The summed E-state index contributed by atoms with van der Waals surface area (Å²) in [6, 6.07) is 8.50. The van der Waals surface area contributed by atoms with E-state index in [0.717, 1.165) is 44.0 Å². The number of carbonyl (C=O) groups excluding carboxylic acids is 2. The largest absolute Gasteiger partial charge is 0.341 e. The molecule has 3 fully saturated rings. The van der Waals surface area contributed by atoms with Gasteiger partial charge in [-0.2, -0.15) is 0 Å². The van der Waals surface area contributed by atoms with Crippen LogP contribution < -0.4 is 5.32 Å². The second-order valence-electron chi connectivity index (χ2n) is 8.51. The minimum Gasteiger partial charge on any atom is -0.341 e. The molecule has 0 aromatic heterocycles. The molecule has 4 rings (SSSR count). The fraction of sp³-hybridized carbons (Fsp3) is 0.636. The molecular formula is C22H31N3O2. The first-order valence-electron chi connectivity index (χ1n) is 10.5. The molecule has 1 atom stereocenters. The Kier molecular flexibility index (Phi) is 5.48. The molecule has 1 aromatic rings. The molecule has 1 N–H and O–H groups in total. The van der Waals surface area contributed by atoms with Crippen LogP contribution in [0.15, 0.2) is 24.3 Å². The predicted molar refractivity (Wildman–Crippen MR) is 105 cm³/mol. The highest BCUT2D eigenvalue weighted by Crippen LogP contribution is 2.28. The standard InChI is InChI=1S/C22H31N3O2/c1-16-2-4-18(5-3-16)15-25-20(8-9-21(25)26)22(27)24-12-10-19(11-13-24)23-14-17-6-7-17/h2-5,17,19-20,23H,6-15H2,1H3. The number of likely N-dealkylation sites (tertiary alicyclic amines) is 2. The highest BCUT2D eigenvalue weighted by Gasteiger charge is 2.39. The molecule has 2 aliphatic heterocycles. The molecular weight excluding hydrogens is 338 g/mol. The number of nitrogens with one attached hydrogen (secondary N) is 1. The van der Waals surface area contributed by atoms with Gasteiger partial charge in [0.05, 0.1) is 0 Å². The van der Waals surface area contributed by atoms with Crippen molar-refractivity contribution in [1.29, 1.82) is 0 Å². The Morgan fingerprint density at radius 2 is 1.78 bits per heavy atom. The maximum atomic E-state index is 13.1. The van der Waals surface area contributed by atoms with E-state index in [2.05, 4.69) is 36.5 Å². The number of rotatable bonds is 6. The SMILES string of the molecule is Cc1ccc(CN2C(=O)CCC2C(=O)N2CCC(NCC3CC3)CC2)cc1. The van der Waals surface area contributed by atoms with Crippen molar-refractivity contribution in [3.63, 3.8) is 0 Å². The van der Waals surface area contributed by atoms with Crippen molar-refractivity contribution >= 4 is 11.8 Å². The van der Waals surface area contributed by atoms with E-state index in [4.69, 9.17) is 0 Å². The van der Waals surface area contributed by atoms with E-state index in [9.17, 15) is 9.59 Å². The molecule has 2 saturated heterocycles. The summed E-state index contributed by atoms with van der Waals surface area (Å²) >= 11 is 0. The Morgan fingerprint density at radius 3 is 2.44 bits per heavy atom. The van der Waals surface area contributed by atoms with E-state index >= 15 is 0 Å². The summed E-state index contributed by atoms with van der Waals surface area (Å²) < 4.78 is 0. The van der Waals surface area contributed by atoms with Crippen LogP contribution in [0.3, 0.4) is 0 Å². The molecule has 1 saturated carbocycles. The number of carbonyl (C=O) groups is 2. The van der Waals surface area contributed by atoms with Gasteiger partial charge in [-0.05, 0) is 57.1 Å². The average molecular weight is 370 g/mol. The highest BCUT2D eigenvalue weighted by molar-refractivity contribution is 5.91. The van der Waals surface area contributed by atoms with E-state index in [1.807, 2.05) is 4.90 Å². The van der Waals surface area contributed by atoms with Crippen molar-refractivity contribution in [2.75, 3.05) is 19.6 Å². The van der Waals surface area contributed by atoms with E-state index < -0.39 is 0 Å². The van der Waals surface area contributed by atoms with Gasteiger partial charge in [0.25, 0.3) is 0 Å². The maximum absolute atomic E-state index is 13.1. The summed E-state index contributed by atoms with van der Waals surface area (Å²) in [5.74, 6) is 1.15. The summed E-state index contributed by atoms with van der Waals surface area (Å²) in [6.45, 7) is 5.35. The van der Waals surface area contributed by atoms with Crippen molar-refractivity contribution in [2.24, 2.45) is 5.92 Å². The van der Waals surface area contributed by atoms with Crippen molar-refractivity contribution in [3.05, 3.63) is 35.4 Å². The molecule has 5 nitrogen and oxygen atoms in total. The lowest BCUT2D eigenvalue weighted by atomic mass is 10.0. The number of hydrogen-bond donors (Lipinski definition) is 1. The zero-order chi connectivity index (χ0) is 18.8. The Hall–Kier alpha value is -1.88. The van der Waals surface area contributed by atoms with E-state index in [0.29, 0.717) is 25.4 Å². The lowest BCUT2D eigenvalue weighted by Crippen LogP contribution is -2.51.